The monoisotopic (exact) mass is 688 g/mol. The molecule has 3 amide bonds. The van der Waals surface area contributed by atoms with Crippen LogP contribution in [0.4, 0.5) is 4.39 Å². The number of amides is 3. The van der Waals surface area contributed by atoms with Gasteiger partial charge < -0.3 is 30.5 Å². The maximum Gasteiger partial charge on any atom is 0.303 e. The minimum absolute atomic E-state index is 0.0404. The number of likely N-dealkylation sites (tertiary alicyclic amines) is 1. The molecule has 0 bridgehead atoms. The van der Waals surface area contributed by atoms with E-state index in [0.29, 0.717) is 18.8 Å². The van der Waals surface area contributed by atoms with Crippen molar-refractivity contribution in [3.05, 3.63) is 35.0 Å². The van der Waals surface area contributed by atoms with Crippen LogP contribution in [0.25, 0.3) is 10.4 Å². The number of unbranched alkanes of at least 4 members (excludes halogenated alkanes) is 5. The van der Waals surface area contributed by atoms with Gasteiger partial charge in [-0.3, -0.25) is 19.2 Å². The van der Waals surface area contributed by atoms with Gasteiger partial charge in [0.25, 0.3) is 5.91 Å². The highest BCUT2D eigenvalue weighted by Crippen LogP contribution is 2.40. The van der Waals surface area contributed by atoms with E-state index < -0.39 is 53.0 Å². The van der Waals surface area contributed by atoms with Crippen LogP contribution in [0, 0.1) is 12.3 Å². The molecular weight excluding hydrogens is 639 g/mol. The highest BCUT2D eigenvalue weighted by molar-refractivity contribution is 7.13. The number of carboxylic acids is 1. The molecule has 11 nitrogen and oxygen atoms in total. The summed E-state index contributed by atoms with van der Waals surface area (Å²) in [5.74, 6) is -1.95. The molecule has 2 fully saturated rings. The first kappa shape index (κ1) is 37.2. The highest BCUT2D eigenvalue weighted by Gasteiger charge is 2.53. The molecule has 0 spiro atoms. The van der Waals surface area contributed by atoms with Crippen LogP contribution in [0.2, 0.25) is 0 Å². The molecule has 48 heavy (non-hydrogen) atoms. The minimum atomic E-state index is -1.96. The van der Waals surface area contributed by atoms with Crippen LogP contribution in [-0.2, 0) is 25.7 Å². The largest absolute Gasteiger partial charge is 0.493 e. The molecule has 0 radical (unpaired) electrons. The van der Waals surface area contributed by atoms with E-state index in [-0.39, 0.29) is 38.8 Å². The number of carbonyl (C=O) groups is 4. The summed E-state index contributed by atoms with van der Waals surface area (Å²) in [5, 5.41) is 24.8. The molecule has 4 rings (SSSR count). The van der Waals surface area contributed by atoms with Gasteiger partial charge in [0.05, 0.1) is 28.8 Å². The number of aliphatic hydroxyl groups excluding tert-OH is 1. The third-order valence-corrected chi connectivity index (χ3v) is 9.90. The third-order valence-electron chi connectivity index (χ3n) is 8.92. The Hall–Kier alpha value is -3.58. The van der Waals surface area contributed by atoms with Crippen LogP contribution in [0.3, 0.4) is 0 Å². The Morgan fingerprint density at radius 1 is 1.12 bits per heavy atom. The highest BCUT2D eigenvalue weighted by atomic mass is 32.1. The number of thiazole rings is 1. The summed E-state index contributed by atoms with van der Waals surface area (Å²) < 4.78 is 20.7. The number of ether oxygens (including phenoxy) is 1. The number of nitrogens with zero attached hydrogens (tertiary/aromatic N) is 2. The molecule has 2 aliphatic rings. The molecule has 1 aromatic carbocycles. The first-order chi connectivity index (χ1) is 22.7. The Kier molecular flexibility index (Phi) is 12.6. The van der Waals surface area contributed by atoms with Crippen molar-refractivity contribution in [3.63, 3.8) is 0 Å². The number of nitrogens with one attached hydrogen (secondary N) is 2. The van der Waals surface area contributed by atoms with Gasteiger partial charge in [-0.1, -0.05) is 58.6 Å². The lowest BCUT2D eigenvalue weighted by atomic mass is 9.85. The van der Waals surface area contributed by atoms with Crippen molar-refractivity contribution < 1.29 is 38.5 Å². The fraction of sp³-hybridized carbons (Fsp3) is 0.629. The van der Waals surface area contributed by atoms with Crippen molar-refractivity contribution in [1.82, 2.24) is 20.5 Å². The quantitative estimate of drug-likeness (QED) is 0.171. The summed E-state index contributed by atoms with van der Waals surface area (Å²) in [6.07, 6.45) is 4.85. The fourth-order valence-corrected chi connectivity index (χ4v) is 6.64. The number of halogens is 1. The number of aryl methyl sites for hydroxylation is 1. The fourth-order valence-electron chi connectivity index (χ4n) is 5.84. The number of carbonyl (C=O) groups excluding carboxylic acids is 3. The summed E-state index contributed by atoms with van der Waals surface area (Å²) in [5.41, 5.74) is 1.67. The second kappa shape index (κ2) is 16.2. The summed E-state index contributed by atoms with van der Waals surface area (Å²) in [6.45, 7) is 7.74. The molecule has 0 unspecified atom stereocenters. The van der Waals surface area contributed by atoms with Gasteiger partial charge in [-0.15, -0.1) is 11.3 Å². The molecule has 1 aliphatic heterocycles. The van der Waals surface area contributed by atoms with Crippen molar-refractivity contribution >= 4 is 35.0 Å². The van der Waals surface area contributed by atoms with Gasteiger partial charge in [-0.2, -0.15) is 0 Å². The normalized spacial score (nSPS) is 19.1. The van der Waals surface area contributed by atoms with Gasteiger partial charge >= 0.3 is 5.97 Å². The zero-order valence-corrected chi connectivity index (χ0v) is 29.2. The lowest BCUT2D eigenvalue weighted by Gasteiger charge is -2.35. The summed E-state index contributed by atoms with van der Waals surface area (Å²) in [7, 11) is 0. The lowest BCUT2D eigenvalue weighted by molar-refractivity contribution is -0.145. The topological polar surface area (TPSA) is 158 Å². The van der Waals surface area contributed by atoms with E-state index >= 15 is 0 Å². The number of aliphatic hydroxyl groups is 1. The Morgan fingerprint density at radius 3 is 2.44 bits per heavy atom. The molecule has 1 saturated heterocycles. The molecule has 1 aromatic heterocycles. The Labute approximate surface area is 285 Å². The standard InChI is InChI=1S/C35H49FN4O7S/c1-22-29(48-21-38-22)23-12-13-24(27(17-23)47-16-10-8-6-5-7-9-11-28(42)43)19-37-31(44)26-18-25(41)20-40(26)32(45)30(34(2,3)4)39-33(46)35(36)14-15-35/h12-13,17,21,25-26,30,41H,5-11,14-16,18-20H2,1-4H3,(H,37,44)(H,39,46)(H,42,43)/t25-,26+,30-/m1/s1. The van der Waals surface area contributed by atoms with E-state index in [0.717, 1.165) is 53.8 Å². The summed E-state index contributed by atoms with van der Waals surface area (Å²) >= 11 is 1.53. The molecule has 2 aromatic rings. The van der Waals surface area contributed by atoms with E-state index in [2.05, 4.69) is 15.6 Å². The van der Waals surface area contributed by atoms with E-state index in [1.807, 2.05) is 25.1 Å². The SMILES string of the molecule is Cc1ncsc1-c1ccc(CNC(=O)[C@@H]2C[C@@H](O)CN2C(=O)[C@@H](NC(=O)C2(F)CC2)C(C)(C)C)c(OCCCCCCCCC(=O)O)c1. The zero-order valence-electron chi connectivity index (χ0n) is 28.4. The second-order valence-electron chi connectivity index (χ2n) is 14.1. The molecular formula is C35H49FN4O7S. The Bertz CT molecular complexity index is 1450. The van der Waals surface area contributed by atoms with Crippen molar-refractivity contribution in [2.24, 2.45) is 5.41 Å². The van der Waals surface area contributed by atoms with Gasteiger partial charge in [0, 0.05) is 31.5 Å². The summed E-state index contributed by atoms with van der Waals surface area (Å²) in [4.78, 5) is 57.2. The molecule has 3 atom stereocenters. The van der Waals surface area contributed by atoms with Gasteiger partial charge in [0.1, 0.15) is 17.8 Å². The maximum atomic E-state index is 14.5. The number of β-amino-alcohol motifs (C(OH)–C–C–N with tert-alkyl or cyclic N) is 1. The number of carboxylic acid groups (broad SMARTS) is 1. The lowest BCUT2D eigenvalue weighted by Crippen LogP contribution is -2.59. The average molecular weight is 689 g/mol. The number of alkyl halides is 1. The number of hydrogen-bond acceptors (Lipinski definition) is 8. The third kappa shape index (κ3) is 9.97. The summed E-state index contributed by atoms with van der Waals surface area (Å²) in [6, 6.07) is 3.75. The smallest absolute Gasteiger partial charge is 0.303 e. The van der Waals surface area contributed by atoms with E-state index in [1.165, 1.54) is 16.2 Å². The first-order valence-electron chi connectivity index (χ1n) is 16.8. The first-order valence-corrected chi connectivity index (χ1v) is 17.7. The minimum Gasteiger partial charge on any atom is -0.493 e. The van der Waals surface area contributed by atoms with Crippen molar-refractivity contribution in [1.29, 1.82) is 0 Å². The maximum absolute atomic E-state index is 14.5. The second-order valence-corrected chi connectivity index (χ2v) is 14.9. The number of aromatic nitrogens is 1. The van der Waals surface area contributed by atoms with Gasteiger partial charge in [-0.05, 0) is 49.7 Å². The van der Waals surface area contributed by atoms with Crippen LogP contribution in [0.15, 0.2) is 23.7 Å². The molecule has 13 heteroatoms. The van der Waals surface area contributed by atoms with Gasteiger partial charge in [-0.25, -0.2) is 9.37 Å². The molecule has 1 saturated carbocycles. The number of rotatable bonds is 17. The van der Waals surface area contributed by atoms with Crippen molar-refractivity contribution in [2.45, 2.75) is 122 Å². The molecule has 1 aliphatic carbocycles. The number of hydrogen-bond donors (Lipinski definition) is 4. The molecule has 2 heterocycles. The van der Waals surface area contributed by atoms with E-state index in [1.54, 1.807) is 26.3 Å². The Morgan fingerprint density at radius 2 is 1.81 bits per heavy atom. The van der Waals surface area contributed by atoms with Crippen molar-refractivity contribution in [3.8, 4) is 16.2 Å². The van der Waals surface area contributed by atoms with Crippen LogP contribution in [0.1, 0.15) is 96.2 Å². The van der Waals surface area contributed by atoms with E-state index in [9.17, 15) is 28.7 Å². The number of aliphatic carboxylic acids is 1. The molecule has 264 valence electrons. The average Bonchev–Trinajstić information content (AvgIpc) is 3.43. The van der Waals surface area contributed by atoms with Crippen LogP contribution in [-0.4, -0.2) is 80.8 Å². The number of benzene rings is 1. The van der Waals surface area contributed by atoms with Gasteiger partial charge in [0.2, 0.25) is 11.8 Å². The van der Waals surface area contributed by atoms with Crippen LogP contribution < -0.4 is 15.4 Å². The Balaban J connectivity index is 1.40. The predicted molar refractivity (Wildman–Crippen MR) is 180 cm³/mol. The predicted octanol–water partition coefficient (Wildman–Crippen LogP) is 4.92. The van der Waals surface area contributed by atoms with Crippen LogP contribution >= 0.6 is 11.3 Å². The zero-order chi connectivity index (χ0) is 35.1. The van der Waals surface area contributed by atoms with Crippen molar-refractivity contribution in [2.75, 3.05) is 13.2 Å². The molecule has 4 N–H and O–H groups in total. The van der Waals surface area contributed by atoms with Crippen LogP contribution in [0.5, 0.6) is 5.75 Å². The van der Waals surface area contributed by atoms with Gasteiger partial charge in [0.15, 0.2) is 5.67 Å². The van der Waals surface area contributed by atoms with E-state index in [4.69, 9.17) is 9.84 Å².